The van der Waals surface area contributed by atoms with Crippen molar-refractivity contribution in [2.75, 3.05) is 13.6 Å². The average Bonchev–Trinajstić information content (AvgIpc) is 2.26. The molecule has 0 aliphatic carbocycles. The summed E-state index contributed by atoms with van der Waals surface area (Å²) in [6.45, 7) is 0.350. The highest BCUT2D eigenvalue weighted by Gasteiger charge is 2.09. The summed E-state index contributed by atoms with van der Waals surface area (Å²) >= 11 is 4.75. The number of carbonyl (C=O) groups excluding carboxylic acids is 1. The van der Waals surface area contributed by atoms with Gasteiger partial charge in [0.1, 0.15) is 0 Å². The summed E-state index contributed by atoms with van der Waals surface area (Å²) in [7, 11) is 1.71. The van der Waals surface area contributed by atoms with E-state index < -0.39 is 0 Å². The zero-order valence-electron chi connectivity index (χ0n) is 9.35. The van der Waals surface area contributed by atoms with Crippen LogP contribution in [0.1, 0.15) is 12.0 Å². The van der Waals surface area contributed by atoms with Gasteiger partial charge >= 0.3 is 0 Å². The van der Waals surface area contributed by atoms with Crippen molar-refractivity contribution in [3.8, 4) is 0 Å². The van der Waals surface area contributed by atoms with Crippen LogP contribution in [0.25, 0.3) is 0 Å². The first kappa shape index (κ1) is 12.6. The summed E-state index contributed by atoms with van der Waals surface area (Å²) in [5, 5.41) is 0. The largest absolute Gasteiger partial charge is 0.392 e. The Morgan fingerprint density at radius 1 is 1.38 bits per heavy atom. The van der Waals surface area contributed by atoms with Crippen molar-refractivity contribution in [1.82, 2.24) is 4.90 Å². The fraction of sp³-hybridized carbons (Fsp3) is 0.333. The molecular formula is C12H16N2OS. The van der Waals surface area contributed by atoms with E-state index in [0.717, 1.165) is 6.42 Å². The summed E-state index contributed by atoms with van der Waals surface area (Å²) in [6.07, 6.45) is 1.24. The number of hydrogen-bond donors (Lipinski definition) is 1. The van der Waals surface area contributed by atoms with E-state index in [-0.39, 0.29) is 5.91 Å². The Hall–Kier alpha value is -1.42. The molecule has 3 nitrogen and oxygen atoms in total. The Morgan fingerprint density at radius 3 is 2.56 bits per heavy atom. The highest BCUT2D eigenvalue weighted by molar-refractivity contribution is 7.80. The minimum atomic E-state index is 0.0663. The molecule has 0 saturated heterocycles. The van der Waals surface area contributed by atoms with E-state index in [1.54, 1.807) is 11.9 Å². The van der Waals surface area contributed by atoms with Gasteiger partial charge in [-0.3, -0.25) is 4.79 Å². The van der Waals surface area contributed by atoms with Crippen molar-refractivity contribution in [2.45, 2.75) is 12.8 Å². The van der Waals surface area contributed by atoms with Crippen LogP contribution in [0, 0.1) is 0 Å². The van der Waals surface area contributed by atoms with E-state index >= 15 is 0 Å². The molecule has 0 aromatic heterocycles. The lowest BCUT2D eigenvalue weighted by Crippen LogP contribution is -2.34. The quantitative estimate of drug-likeness (QED) is 0.785. The van der Waals surface area contributed by atoms with Crippen molar-refractivity contribution >= 4 is 23.1 Å². The summed E-state index contributed by atoms with van der Waals surface area (Å²) in [6, 6.07) is 9.93. The van der Waals surface area contributed by atoms with Gasteiger partial charge in [0, 0.05) is 13.5 Å². The molecule has 1 rings (SSSR count). The molecule has 0 heterocycles. The molecule has 0 fully saturated rings. The van der Waals surface area contributed by atoms with Gasteiger partial charge in [-0.05, 0) is 12.0 Å². The van der Waals surface area contributed by atoms with Gasteiger partial charge in [0.25, 0.3) is 0 Å². The van der Waals surface area contributed by atoms with Gasteiger partial charge < -0.3 is 10.6 Å². The predicted octanol–water partition coefficient (Wildman–Crippen LogP) is 1.36. The monoisotopic (exact) mass is 236 g/mol. The first-order valence-electron chi connectivity index (χ1n) is 5.16. The van der Waals surface area contributed by atoms with E-state index in [0.29, 0.717) is 18.0 Å². The molecule has 0 radical (unpaired) electrons. The third kappa shape index (κ3) is 4.40. The Morgan fingerprint density at radius 2 is 2.00 bits per heavy atom. The maximum atomic E-state index is 11.7. The van der Waals surface area contributed by atoms with Crippen LogP contribution >= 0.6 is 12.2 Å². The fourth-order valence-corrected chi connectivity index (χ4v) is 1.60. The molecule has 0 saturated carbocycles. The van der Waals surface area contributed by atoms with Gasteiger partial charge in [-0.15, -0.1) is 0 Å². The topological polar surface area (TPSA) is 46.3 Å². The van der Waals surface area contributed by atoms with Gasteiger partial charge in [-0.25, -0.2) is 0 Å². The number of benzene rings is 1. The fourth-order valence-electron chi connectivity index (χ4n) is 1.41. The third-order valence-electron chi connectivity index (χ3n) is 2.29. The smallest absolute Gasteiger partial charge is 0.223 e. The Bertz CT molecular complexity index is 365. The number of amides is 1. The van der Waals surface area contributed by atoms with E-state index in [4.69, 9.17) is 18.0 Å². The Kier molecular flexibility index (Phi) is 4.92. The van der Waals surface area contributed by atoms with Gasteiger partial charge in [0.2, 0.25) is 5.91 Å². The predicted molar refractivity (Wildman–Crippen MR) is 69.2 cm³/mol. The number of carbonyl (C=O) groups is 1. The lowest BCUT2D eigenvalue weighted by Gasteiger charge is -2.15. The number of hydrogen-bond acceptors (Lipinski definition) is 2. The maximum Gasteiger partial charge on any atom is 0.223 e. The molecule has 4 heteroatoms. The number of rotatable bonds is 5. The van der Waals surface area contributed by atoms with Crippen LogP contribution in [0.5, 0.6) is 0 Å². The SMILES string of the molecule is CN(CC(N)=S)C(=O)CCc1ccccc1. The van der Waals surface area contributed by atoms with Crippen LogP contribution in [-0.4, -0.2) is 29.4 Å². The molecule has 1 amide bonds. The molecule has 0 unspecified atom stereocenters. The van der Waals surface area contributed by atoms with Crippen LogP contribution in [-0.2, 0) is 11.2 Å². The molecule has 1 aromatic carbocycles. The standard InChI is InChI=1S/C12H16N2OS/c1-14(9-11(13)16)12(15)8-7-10-5-3-2-4-6-10/h2-6H,7-9H2,1H3,(H2,13,16). The maximum absolute atomic E-state index is 11.7. The first-order chi connectivity index (χ1) is 7.59. The molecular weight excluding hydrogens is 220 g/mol. The number of nitrogens with zero attached hydrogens (tertiary/aromatic N) is 1. The van der Waals surface area contributed by atoms with Crippen LogP contribution < -0.4 is 5.73 Å². The second kappa shape index (κ2) is 6.23. The van der Waals surface area contributed by atoms with Crippen molar-refractivity contribution < 1.29 is 4.79 Å². The van der Waals surface area contributed by atoms with Crippen LogP contribution in [0.3, 0.4) is 0 Å². The van der Waals surface area contributed by atoms with Gasteiger partial charge in [-0.1, -0.05) is 42.5 Å². The van der Waals surface area contributed by atoms with E-state index in [1.165, 1.54) is 5.56 Å². The summed E-state index contributed by atoms with van der Waals surface area (Å²) in [5.41, 5.74) is 6.54. The average molecular weight is 236 g/mol. The molecule has 86 valence electrons. The van der Waals surface area contributed by atoms with Gasteiger partial charge in [-0.2, -0.15) is 0 Å². The van der Waals surface area contributed by atoms with Crippen molar-refractivity contribution in [3.63, 3.8) is 0 Å². The Balaban J connectivity index is 2.38. The number of aryl methyl sites for hydroxylation is 1. The molecule has 0 bridgehead atoms. The highest BCUT2D eigenvalue weighted by atomic mass is 32.1. The van der Waals surface area contributed by atoms with Gasteiger partial charge in [0.05, 0.1) is 11.5 Å². The van der Waals surface area contributed by atoms with Gasteiger partial charge in [0.15, 0.2) is 0 Å². The van der Waals surface area contributed by atoms with Crippen LogP contribution in [0.4, 0.5) is 0 Å². The molecule has 0 aliphatic rings. The zero-order chi connectivity index (χ0) is 12.0. The number of likely N-dealkylation sites (N-methyl/N-ethyl adjacent to an activating group) is 1. The second-order valence-electron chi connectivity index (χ2n) is 3.70. The zero-order valence-corrected chi connectivity index (χ0v) is 10.2. The van der Waals surface area contributed by atoms with E-state index in [1.807, 2.05) is 30.3 Å². The summed E-state index contributed by atoms with van der Waals surface area (Å²) in [5.74, 6) is 0.0663. The minimum Gasteiger partial charge on any atom is -0.392 e. The minimum absolute atomic E-state index is 0.0663. The van der Waals surface area contributed by atoms with Crippen molar-refractivity contribution in [3.05, 3.63) is 35.9 Å². The molecule has 0 atom stereocenters. The van der Waals surface area contributed by atoms with Crippen LogP contribution in [0.2, 0.25) is 0 Å². The Labute approximate surface area is 101 Å². The second-order valence-corrected chi connectivity index (χ2v) is 4.23. The number of nitrogens with two attached hydrogens (primary N) is 1. The summed E-state index contributed by atoms with van der Waals surface area (Å²) in [4.78, 5) is 13.6. The first-order valence-corrected chi connectivity index (χ1v) is 5.56. The normalized spacial score (nSPS) is 9.81. The lowest BCUT2D eigenvalue weighted by atomic mass is 10.1. The highest BCUT2D eigenvalue weighted by Crippen LogP contribution is 2.03. The lowest BCUT2D eigenvalue weighted by molar-refractivity contribution is -0.129. The van der Waals surface area contributed by atoms with E-state index in [2.05, 4.69) is 0 Å². The van der Waals surface area contributed by atoms with Crippen molar-refractivity contribution in [1.29, 1.82) is 0 Å². The third-order valence-corrected chi connectivity index (χ3v) is 2.42. The molecule has 0 aliphatic heterocycles. The van der Waals surface area contributed by atoms with Crippen LogP contribution in [0.15, 0.2) is 30.3 Å². The molecule has 16 heavy (non-hydrogen) atoms. The summed E-state index contributed by atoms with van der Waals surface area (Å²) < 4.78 is 0. The molecule has 1 aromatic rings. The number of thiocarbonyl (C=S) groups is 1. The van der Waals surface area contributed by atoms with Crippen molar-refractivity contribution in [2.24, 2.45) is 5.73 Å². The molecule has 0 spiro atoms. The van der Waals surface area contributed by atoms with E-state index in [9.17, 15) is 4.79 Å². The molecule has 2 N–H and O–H groups in total.